The Kier molecular flexibility index (Phi) is 4.98. The molecule has 18 heavy (non-hydrogen) atoms. The minimum atomic E-state index is 0.743. The number of halogens is 2. The van der Waals surface area contributed by atoms with Crippen LogP contribution in [0.15, 0.2) is 51.8 Å². The first kappa shape index (κ1) is 13.8. The Morgan fingerprint density at radius 1 is 1.17 bits per heavy atom. The Bertz CT molecular complexity index is 528. The molecular formula is C14H13BrClNS. The molecule has 94 valence electrons. The Morgan fingerprint density at radius 3 is 2.50 bits per heavy atom. The van der Waals surface area contributed by atoms with E-state index in [1.807, 2.05) is 12.1 Å². The highest BCUT2D eigenvalue weighted by atomic mass is 79.9. The van der Waals surface area contributed by atoms with E-state index in [1.165, 1.54) is 4.90 Å². The highest BCUT2D eigenvalue weighted by Crippen LogP contribution is 2.24. The van der Waals surface area contributed by atoms with Gasteiger partial charge < -0.3 is 5.32 Å². The zero-order chi connectivity index (χ0) is 13.0. The van der Waals surface area contributed by atoms with Crippen molar-refractivity contribution in [2.75, 3.05) is 11.6 Å². The number of hydrogen-bond acceptors (Lipinski definition) is 2. The molecule has 0 aliphatic rings. The molecule has 0 atom stereocenters. The molecule has 0 amide bonds. The van der Waals surface area contributed by atoms with Gasteiger partial charge in [0.25, 0.3) is 0 Å². The van der Waals surface area contributed by atoms with Gasteiger partial charge in [-0.2, -0.15) is 0 Å². The minimum Gasteiger partial charge on any atom is -0.381 e. The van der Waals surface area contributed by atoms with E-state index in [0.717, 1.165) is 27.3 Å². The standard InChI is InChI=1S/C14H13BrClNS/c1-18-12-5-3-11(4-6-12)17-9-10-2-7-13(15)14(16)8-10/h2-8,17H,9H2,1H3. The SMILES string of the molecule is CSc1ccc(NCc2ccc(Br)c(Cl)c2)cc1. The number of nitrogens with one attached hydrogen (secondary N) is 1. The van der Waals surface area contributed by atoms with Crippen LogP contribution >= 0.6 is 39.3 Å². The molecule has 0 saturated heterocycles. The summed E-state index contributed by atoms with van der Waals surface area (Å²) in [7, 11) is 0. The Labute approximate surface area is 125 Å². The Balaban J connectivity index is 1.99. The van der Waals surface area contributed by atoms with Crippen molar-refractivity contribution in [3.63, 3.8) is 0 Å². The van der Waals surface area contributed by atoms with Crippen LogP contribution in [0, 0.1) is 0 Å². The average Bonchev–Trinajstić information content (AvgIpc) is 2.41. The maximum atomic E-state index is 6.06. The van der Waals surface area contributed by atoms with Crippen LogP contribution in [0.2, 0.25) is 5.02 Å². The van der Waals surface area contributed by atoms with E-state index in [9.17, 15) is 0 Å². The molecule has 0 aliphatic carbocycles. The Hall–Kier alpha value is -0.640. The van der Waals surface area contributed by atoms with Crippen LogP contribution in [0.25, 0.3) is 0 Å². The van der Waals surface area contributed by atoms with Crippen LogP contribution in [0.1, 0.15) is 5.56 Å². The van der Waals surface area contributed by atoms with Crippen molar-refractivity contribution >= 4 is 45.0 Å². The predicted octanol–water partition coefficient (Wildman–Crippen LogP) is 5.44. The van der Waals surface area contributed by atoms with Gasteiger partial charge in [-0.3, -0.25) is 0 Å². The van der Waals surface area contributed by atoms with Gasteiger partial charge in [0.2, 0.25) is 0 Å². The second-order valence-corrected chi connectivity index (χ2v) is 5.97. The molecule has 0 aliphatic heterocycles. The average molecular weight is 343 g/mol. The third-order valence-corrected chi connectivity index (χ3v) is 4.55. The van der Waals surface area contributed by atoms with Gasteiger partial charge in [0.05, 0.1) is 5.02 Å². The monoisotopic (exact) mass is 341 g/mol. The molecule has 0 aromatic heterocycles. The Morgan fingerprint density at radius 2 is 1.89 bits per heavy atom. The molecule has 2 aromatic rings. The first-order valence-electron chi connectivity index (χ1n) is 5.51. The normalized spacial score (nSPS) is 10.4. The molecule has 2 aromatic carbocycles. The molecule has 0 heterocycles. The fraction of sp³-hybridized carbons (Fsp3) is 0.143. The van der Waals surface area contributed by atoms with E-state index >= 15 is 0 Å². The van der Waals surface area contributed by atoms with Crippen LogP contribution in [0.5, 0.6) is 0 Å². The summed E-state index contributed by atoms with van der Waals surface area (Å²) >= 11 is 11.2. The first-order valence-corrected chi connectivity index (χ1v) is 7.90. The molecule has 4 heteroatoms. The second kappa shape index (κ2) is 6.50. The fourth-order valence-electron chi connectivity index (χ4n) is 1.56. The van der Waals surface area contributed by atoms with Crippen LogP contribution < -0.4 is 5.32 Å². The lowest BCUT2D eigenvalue weighted by Crippen LogP contribution is -1.99. The molecule has 0 saturated carbocycles. The van der Waals surface area contributed by atoms with Crippen LogP contribution in [-0.4, -0.2) is 6.26 Å². The van der Waals surface area contributed by atoms with E-state index in [-0.39, 0.29) is 0 Å². The molecule has 2 rings (SSSR count). The largest absolute Gasteiger partial charge is 0.381 e. The van der Waals surface area contributed by atoms with Gasteiger partial charge in [0, 0.05) is 21.6 Å². The highest BCUT2D eigenvalue weighted by molar-refractivity contribution is 9.10. The van der Waals surface area contributed by atoms with E-state index in [0.29, 0.717) is 0 Å². The fourth-order valence-corrected chi connectivity index (χ4v) is 2.42. The van der Waals surface area contributed by atoms with Crippen molar-refractivity contribution in [1.82, 2.24) is 0 Å². The van der Waals surface area contributed by atoms with Gasteiger partial charge in [0.1, 0.15) is 0 Å². The number of rotatable bonds is 4. The smallest absolute Gasteiger partial charge is 0.0551 e. The zero-order valence-corrected chi connectivity index (χ0v) is 13.1. The summed E-state index contributed by atoms with van der Waals surface area (Å²) < 4.78 is 0.928. The van der Waals surface area contributed by atoms with E-state index in [4.69, 9.17) is 11.6 Å². The van der Waals surface area contributed by atoms with Gasteiger partial charge in [-0.15, -0.1) is 11.8 Å². The maximum Gasteiger partial charge on any atom is 0.0551 e. The molecule has 0 unspecified atom stereocenters. The molecular weight excluding hydrogens is 330 g/mol. The van der Waals surface area contributed by atoms with Crippen molar-refractivity contribution in [1.29, 1.82) is 0 Å². The number of benzene rings is 2. The minimum absolute atomic E-state index is 0.743. The molecule has 0 radical (unpaired) electrons. The van der Waals surface area contributed by atoms with Crippen molar-refractivity contribution in [3.05, 3.63) is 57.5 Å². The van der Waals surface area contributed by atoms with Gasteiger partial charge in [-0.05, 0) is 64.1 Å². The van der Waals surface area contributed by atoms with Crippen LogP contribution in [-0.2, 0) is 6.54 Å². The lowest BCUT2D eigenvalue weighted by Gasteiger charge is -2.08. The van der Waals surface area contributed by atoms with Gasteiger partial charge in [-0.1, -0.05) is 17.7 Å². The van der Waals surface area contributed by atoms with E-state index in [2.05, 4.69) is 57.8 Å². The summed E-state index contributed by atoms with van der Waals surface area (Å²) in [5.74, 6) is 0. The zero-order valence-electron chi connectivity index (χ0n) is 9.91. The lowest BCUT2D eigenvalue weighted by atomic mass is 10.2. The molecule has 1 N–H and O–H groups in total. The van der Waals surface area contributed by atoms with E-state index in [1.54, 1.807) is 11.8 Å². The summed E-state index contributed by atoms with van der Waals surface area (Å²) in [6, 6.07) is 14.4. The maximum absolute atomic E-state index is 6.06. The summed E-state index contributed by atoms with van der Waals surface area (Å²) in [5, 5.41) is 4.12. The van der Waals surface area contributed by atoms with Gasteiger partial charge >= 0.3 is 0 Å². The first-order chi connectivity index (χ1) is 8.69. The second-order valence-electron chi connectivity index (χ2n) is 3.83. The summed E-state index contributed by atoms with van der Waals surface area (Å²) in [6.07, 6.45) is 2.08. The number of anilines is 1. The summed E-state index contributed by atoms with van der Waals surface area (Å²) in [4.78, 5) is 1.27. The van der Waals surface area contributed by atoms with Crippen LogP contribution in [0.4, 0.5) is 5.69 Å². The highest BCUT2D eigenvalue weighted by Gasteiger charge is 1.99. The molecule has 0 bridgehead atoms. The van der Waals surface area contributed by atoms with Gasteiger partial charge in [-0.25, -0.2) is 0 Å². The molecule has 1 nitrogen and oxygen atoms in total. The molecule has 0 fully saturated rings. The topological polar surface area (TPSA) is 12.0 Å². The summed E-state index contributed by atoms with van der Waals surface area (Å²) in [5.41, 5.74) is 2.28. The van der Waals surface area contributed by atoms with Crippen molar-refractivity contribution in [3.8, 4) is 0 Å². The lowest BCUT2D eigenvalue weighted by molar-refractivity contribution is 1.15. The van der Waals surface area contributed by atoms with Gasteiger partial charge in [0.15, 0.2) is 0 Å². The third-order valence-electron chi connectivity index (χ3n) is 2.57. The van der Waals surface area contributed by atoms with E-state index < -0.39 is 0 Å². The summed E-state index contributed by atoms with van der Waals surface area (Å²) in [6.45, 7) is 0.769. The number of thioether (sulfide) groups is 1. The predicted molar refractivity (Wildman–Crippen MR) is 84.7 cm³/mol. The van der Waals surface area contributed by atoms with Crippen LogP contribution in [0.3, 0.4) is 0 Å². The number of hydrogen-bond donors (Lipinski definition) is 1. The van der Waals surface area contributed by atoms with Crippen molar-refractivity contribution in [2.24, 2.45) is 0 Å². The quantitative estimate of drug-likeness (QED) is 0.743. The molecule has 0 spiro atoms. The van der Waals surface area contributed by atoms with Crippen molar-refractivity contribution in [2.45, 2.75) is 11.4 Å². The van der Waals surface area contributed by atoms with Crippen molar-refractivity contribution < 1.29 is 0 Å². The third kappa shape index (κ3) is 3.67.